The molecule has 1 amide bonds. The fraction of sp³-hybridized carbons (Fsp3) is 0.970. The number of unbranched alkanes of at least 4 members (excludes halogenated alkanes) is 52. The Morgan fingerprint density at radius 3 is 0.847 bits per heavy atom. The summed E-state index contributed by atoms with van der Waals surface area (Å²) in [6.07, 6.45) is 74.1. The summed E-state index contributed by atoms with van der Waals surface area (Å²) in [5.41, 5.74) is 0. The molecule has 0 aromatic rings. The fourth-order valence-electron chi connectivity index (χ4n) is 10.8. The van der Waals surface area contributed by atoms with Gasteiger partial charge in [-0.3, -0.25) is 9.59 Å². The number of hydrogen-bond donors (Lipinski definition) is 3. The highest BCUT2D eigenvalue weighted by Gasteiger charge is 2.20. The molecule has 0 saturated heterocycles. The Morgan fingerprint density at radius 2 is 0.569 bits per heavy atom. The predicted octanol–water partition coefficient (Wildman–Crippen LogP) is 21.0. The third-order valence-corrected chi connectivity index (χ3v) is 15.9. The molecule has 2 unspecified atom stereocenters. The van der Waals surface area contributed by atoms with Crippen molar-refractivity contribution in [1.29, 1.82) is 0 Å². The monoisotopic (exact) mass is 1020 g/mol. The van der Waals surface area contributed by atoms with Gasteiger partial charge in [-0.15, -0.1) is 0 Å². The first-order valence-corrected chi connectivity index (χ1v) is 33.3. The second kappa shape index (κ2) is 62.4. The molecule has 6 heteroatoms. The van der Waals surface area contributed by atoms with Crippen LogP contribution in [0.4, 0.5) is 0 Å². The lowest BCUT2D eigenvalue weighted by atomic mass is 10.0. The van der Waals surface area contributed by atoms with E-state index in [-0.39, 0.29) is 18.5 Å². The number of nitrogens with one attached hydrogen (secondary N) is 1. The lowest BCUT2D eigenvalue weighted by Gasteiger charge is -2.22. The van der Waals surface area contributed by atoms with E-state index in [2.05, 4.69) is 19.2 Å². The minimum absolute atomic E-state index is 0.00319. The zero-order valence-electron chi connectivity index (χ0n) is 49.2. The number of ether oxygens (including phenoxy) is 1. The molecular formula is C66H131NO5. The van der Waals surface area contributed by atoms with Gasteiger partial charge in [-0.1, -0.05) is 348 Å². The van der Waals surface area contributed by atoms with Crippen LogP contribution in [0.5, 0.6) is 0 Å². The van der Waals surface area contributed by atoms with Gasteiger partial charge in [-0.25, -0.2) is 0 Å². The highest BCUT2D eigenvalue weighted by atomic mass is 16.5. The average Bonchev–Trinajstić information content (AvgIpc) is 3.38. The number of aliphatic hydroxyl groups excluding tert-OH is 2. The molecule has 2 atom stereocenters. The van der Waals surface area contributed by atoms with E-state index in [9.17, 15) is 19.8 Å². The maximum Gasteiger partial charge on any atom is 0.305 e. The van der Waals surface area contributed by atoms with Gasteiger partial charge in [0.2, 0.25) is 5.91 Å². The molecule has 0 aliphatic rings. The van der Waals surface area contributed by atoms with Gasteiger partial charge in [-0.05, 0) is 25.7 Å². The van der Waals surface area contributed by atoms with Gasteiger partial charge >= 0.3 is 5.97 Å². The second-order valence-electron chi connectivity index (χ2n) is 23.2. The van der Waals surface area contributed by atoms with Gasteiger partial charge in [-0.2, -0.15) is 0 Å². The van der Waals surface area contributed by atoms with Crippen LogP contribution in [-0.2, 0) is 14.3 Å². The van der Waals surface area contributed by atoms with Gasteiger partial charge < -0.3 is 20.3 Å². The predicted molar refractivity (Wildman–Crippen MR) is 315 cm³/mol. The first-order chi connectivity index (χ1) is 35.5. The van der Waals surface area contributed by atoms with E-state index in [4.69, 9.17) is 4.74 Å². The molecule has 0 rings (SSSR count). The number of aliphatic hydroxyl groups is 2. The van der Waals surface area contributed by atoms with Crippen molar-refractivity contribution in [3.8, 4) is 0 Å². The Morgan fingerprint density at radius 1 is 0.333 bits per heavy atom. The molecule has 0 fully saturated rings. The summed E-state index contributed by atoms with van der Waals surface area (Å²) in [6.45, 7) is 4.98. The van der Waals surface area contributed by atoms with E-state index in [0.29, 0.717) is 25.9 Å². The summed E-state index contributed by atoms with van der Waals surface area (Å²) in [7, 11) is 0. The minimum atomic E-state index is -0.672. The van der Waals surface area contributed by atoms with Crippen LogP contribution in [0, 0.1) is 0 Å². The lowest BCUT2D eigenvalue weighted by Crippen LogP contribution is -2.45. The van der Waals surface area contributed by atoms with Gasteiger partial charge in [0.25, 0.3) is 0 Å². The zero-order chi connectivity index (χ0) is 52.2. The summed E-state index contributed by atoms with van der Waals surface area (Å²) < 4.78 is 5.49. The molecule has 430 valence electrons. The molecule has 6 nitrogen and oxygen atoms in total. The van der Waals surface area contributed by atoms with Crippen molar-refractivity contribution in [3.05, 3.63) is 0 Å². The molecule has 0 bridgehead atoms. The Hall–Kier alpha value is -1.14. The minimum Gasteiger partial charge on any atom is -0.466 e. The molecule has 0 aliphatic heterocycles. The van der Waals surface area contributed by atoms with E-state index in [0.717, 1.165) is 51.4 Å². The Bertz CT molecular complexity index is 1040. The molecule has 0 saturated carbocycles. The van der Waals surface area contributed by atoms with Crippen LogP contribution in [0.1, 0.15) is 386 Å². The van der Waals surface area contributed by atoms with Crippen molar-refractivity contribution in [1.82, 2.24) is 5.32 Å². The average molecular weight is 1020 g/mol. The highest BCUT2D eigenvalue weighted by Crippen LogP contribution is 2.19. The molecule has 0 radical (unpaired) electrons. The van der Waals surface area contributed by atoms with Gasteiger partial charge in [0, 0.05) is 12.8 Å². The molecule has 72 heavy (non-hydrogen) atoms. The van der Waals surface area contributed by atoms with Crippen LogP contribution < -0.4 is 5.32 Å². The van der Waals surface area contributed by atoms with E-state index in [1.807, 2.05) is 0 Å². The van der Waals surface area contributed by atoms with Gasteiger partial charge in [0.1, 0.15) is 0 Å². The number of carbonyl (C=O) groups excluding carboxylic acids is 2. The van der Waals surface area contributed by atoms with Crippen LogP contribution in [-0.4, -0.2) is 47.4 Å². The van der Waals surface area contributed by atoms with Crippen molar-refractivity contribution < 1.29 is 24.5 Å². The van der Waals surface area contributed by atoms with Crippen LogP contribution in [0.2, 0.25) is 0 Å². The summed E-state index contributed by atoms with van der Waals surface area (Å²) in [5.74, 6) is -0.0364. The summed E-state index contributed by atoms with van der Waals surface area (Å²) >= 11 is 0. The molecule has 0 aromatic heterocycles. The van der Waals surface area contributed by atoms with Crippen molar-refractivity contribution in [2.75, 3.05) is 13.2 Å². The Kier molecular flexibility index (Phi) is 61.4. The van der Waals surface area contributed by atoms with E-state index < -0.39 is 12.1 Å². The molecule has 3 N–H and O–H groups in total. The van der Waals surface area contributed by atoms with Crippen molar-refractivity contribution in [2.45, 2.75) is 398 Å². The zero-order valence-corrected chi connectivity index (χ0v) is 49.2. The Labute approximate surface area is 451 Å². The maximum absolute atomic E-state index is 12.5. The smallest absolute Gasteiger partial charge is 0.305 e. The molecule has 0 aromatic carbocycles. The molecule has 0 heterocycles. The number of amides is 1. The quantitative estimate of drug-likeness (QED) is 0.0417. The number of hydrogen-bond acceptors (Lipinski definition) is 5. The summed E-state index contributed by atoms with van der Waals surface area (Å²) in [4.78, 5) is 24.6. The van der Waals surface area contributed by atoms with Crippen molar-refractivity contribution in [3.63, 3.8) is 0 Å². The van der Waals surface area contributed by atoms with Crippen LogP contribution in [0.15, 0.2) is 0 Å². The maximum atomic E-state index is 12.5. The van der Waals surface area contributed by atoms with E-state index >= 15 is 0 Å². The van der Waals surface area contributed by atoms with E-state index in [1.165, 1.54) is 302 Å². The highest BCUT2D eigenvalue weighted by molar-refractivity contribution is 5.76. The fourth-order valence-corrected chi connectivity index (χ4v) is 10.8. The number of carbonyl (C=O) groups is 2. The lowest BCUT2D eigenvalue weighted by molar-refractivity contribution is -0.143. The summed E-state index contributed by atoms with van der Waals surface area (Å²) in [6, 6.07) is -0.550. The van der Waals surface area contributed by atoms with Crippen LogP contribution in [0.25, 0.3) is 0 Å². The number of rotatable bonds is 63. The standard InChI is InChI=1S/C66H131NO5/c1-3-5-7-9-11-13-15-17-19-21-22-23-24-25-26-27-28-29-30-34-38-42-46-50-54-58-64(69)63(62-68)67-65(70)59-55-51-47-43-39-35-32-33-37-41-45-49-53-57-61-72-66(71)60-56-52-48-44-40-36-31-20-18-16-14-12-10-8-6-4-2/h63-64,68-69H,3-62H2,1-2H3,(H,67,70). The molecule has 0 aliphatic carbocycles. The first-order valence-electron chi connectivity index (χ1n) is 33.3. The van der Waals surface area contributed by atoms with Gasteiger partial charge in [0.05, 0.1) is 25.4 Å². The third kappa shape index (κ3) is 58.1. The van der Waals surface area contributed by atoms with Gasteiger partial charge in [0.15, 0.2) is 0 Å². The number of esters is 1. The summed E-state index contributed by atoms with van der Waals surface area (Å²) in [5, 5.41) is 23.4. The van der Waals surface area contributed by atoms with Crippen LogP contribution >= 0.6 is 0 Å². The largest absolute Gasteiger partial charge is 0.466 e. The van der Waals surface area contributed by atoms with E-state index in [1.54, 1.807) is 0 Å². The van der Waals surface area contributed by atoms with Crippen molar-refractivity contribution >= 4 is 11.9 Å². The molecular weight excluding hydrogens is 887 g/mol. The normalized spacial score (nSPS) is 12.4. The first kappa shape index (κ1) is 70.9. The van der Waals surface area contributed by atoms with Crippen molar-refractivity contribution in [2.24, 2.45) is 0 Å². The van der Waals surface area contributed by atoms with Crippen LogP contribution in [0.3, 0.4) is 0 Å². The third-order valence-electron chi connectivity index (χ3n) is 15.9. The Balaban J connectivity index is 3.40. The molecule has 0 spiro atoms. The second-order valence-corrected chi connectivity index (χ2v) is 23.2. The SMILES string of the molecule is CCCCCCCCCCCCCCCCCCCCCCCCCCCC(O)C(CO)NC(=O)CCCCCCCCCCCCCCCCOC(=O)CCCCCCCCCCCCCCCCCC. The topological polar surface area (TPSA) is 95.9 Å².